The number of carbonyl (C=O) groups is 1. The van der Waals surface area contributed by atoms with Crippen LogP contribution in [-0.4, -0.2) is 54.7 Å². The summed E-state index contributed by atoms with van der Waals surface area (Å²) in [5.41, 5.74) is 1.97. The van der Waals surface area contributed by atoms with Crippen LogP contribution in [0.1, 0.15) is 11.3 Å². The average Bonchev–Trinajstić information content (AvgIpc) is 2.61. The van der Waals surface area contributed by atoms with E-state index in [1.54, 1.807) is 12.0 Å². The molecule has 0 radical (unpaired) electrons. The maximum Gasteiger partial charge on any atom is 0.248 e. The van der Waals surface area contributed by atoms with E-state index < -0.39 is 0 Å². The Morgan fingerprint density at radius 2 is 2.11 bits per heavy atom. The van der Waals surface area contributed by atoms with E-state index in [1.165, 1.54) is 13.4 Å². The van der Waals surface area contributed by atoms with Crippen LogP contribution in [0.4, 0.5) is 0 Å². The Bertz CT molecular complexity index is 437. The molecular formula is C12H17N3O3. The highest BCUT2D eigenvalue weighted by Gasteiger charge is 2.21. The highest BCUT2D eigenvalue weighted by atomic mass is 16.5. The molecule has 0 saturated carbocycles. The SMILES string of the molecule is COCC(=O)N1CCc2ncnc(OC)c2CC1. The third-order valence-electron chi connectivity index (χ3n) is 3.06. The van der Waals surface area contributed by atoms with Gasteiger partial charge in [0.2, 0.25) is 11.8 Å². The van der Waals surface area contributed by atoms with E-state index in [9.17, 15) is 4.79 Å². The molecule has 2 heterocycles. The number of methoxy groups -OCH3 is 2. The van der Waals surface area contributed by atoms with E-state index in [-0.39, 0.29) is 12.5 Å². The maximum atomic E-state index is 11.8. The molecule has 0 atom stereocenters. The summed E-state index contributed by atoms with van der Waals surface area (Å²) < 4.78 is 10.1. The van der Waals surface area contributed by atoms with Gasteiger partial charge in [-0.2, -0.15) is 0 Å². The first kappa shape index (κ1) is 12.8. The second-order valence-corrected chi connectivity index (χ2v) is 4.12. The summed E-state index contributed by atoms with van der Waals surface area (Å²) >= 11 is 0. The second-order valence-electron chi connectivity index (χ2n) is 4.12. The highest BCUT2D eigenvalue weighted by Crippen LogP contribution is 2.21. The molecule has 0 bridgehead atoms. The molecule has 0 aromatic carbocycles. The molecule has 1 aromatic rings. The molecule has 18 heavy (non-hydrogen) atoms. The minimum absolute atomic E-state index is 0.0113. The lowest BCUT2D eigenvalue weighted by atomic mass is 10.1. The Morgan fingerprint density at radius 1 is 1.33 bits per heavy atom. The van der Waals surface area contributed by atoms with E-state index in [2.05, 4.69) is 9.97 Å². The summed E-state index contributed by atoms with van der Waals surface area (Å²) in [6.07, 6.45) is 2.95. The molecule has 98 valence electrons. The van der Waals surface area contributed by atoms with E-state index in [0.29, 0.717) is 19.0 Å². The van der Waals surface area contributed by atoms with E-state index in [4.69, 9.17) is 9.47 Å². The zero-order valence-corrected chi connectivity index (χ0v) is 10.7. The molecule has 1 aliphatic heterocycles. The van der Waals surface area contributed by atoms with Gasteiger partial charge in [0.25, 0.3) is 0 Å². The largest absolute Gasteiger partial charge is 0.481 e. The number of fused-ring (bicyclic) bond motifs is 1. The Kier molecular flexibility index (Phi) is 4.09. The molecule has 0 unspecified atom stereocenters. The lowest BCUT2D eigenvalue weighted by Gasteiger charge is -2.19. The summed E-state index contributed by atoms with van der Waals surface area (Å²) in [5.74, 6) is 0.623. The third-order valence-corrected chi connectivity index (χ3v) is 3.06. The van der Waals surface area contributed by atoms with Crippen LogP contribution in [0.5, 0.6) is 5.88 Å². The molecule has 6 heteroatoms. The molecule has 1 aromatic heterocycles. The van der Waals surface area contributed by atoms with Gasteiger partial charge in [0.15, 0.2) is 0 Å². The number of rotatable bonds is 3. The molecule has 0 N–H and O–H groups in total. The number of hydrogen-bond acceptors (Lipinski definition) is 5. The Morgan fingerprint density at radius 3 is 2.83 bits per heavy atom. The monoisotopic (exact) mass is 251 g/mol. The van der Waals surface area contributed by atoms with Gasteiger partial charge in [0, 0.05) is 32.2 Å². The first-order valence-electron chi connectivity index (χ1n) is 5.89. The van der Waals surface area contributed by atoms with Crippen molar-refractivity contribution in [2.75, 3.05) is 33.9 Å². The molecule has 0 spiro atoms. The van der Waals surface area contributed by atoms with E-state index >= 15 is 0 Å². The zero-order valence-electron chi connectivity index (χ0n) is 10.7. The maximum absolute atomic E-state index is 11.8. The predicted octanol–water partition coefficient (Wildman–Crippen LogP) is 0.0588. The van der Waals surface area contributed by atoms with Crippen LogP contribution in [-0.2, 0) is 22.4 Å². The zero-order chi connectivity index (χ0) is 13.0. The van der Waals surface area contributed by atoms with Crippen molar-refractivity contribution in [1.29, 1.82) is 0 Å². The molecule has 0 saturated heterocycles. The second kappa shape index (κ2) is 5.77. The van der Waals surface area contributed by atoms with Gasteiger partial charge < -0.3 is 14.4 Å². The smallest absolute Gasteiger partial charge is 0.248 e. The van der Waals surface area contributed by atoms with Crippen molar-refractivity contribution in [3.8, 4) is 5.88 Å². The Labute approximate surface area is 106 Å². The van der Waals surface area contributed by atoms with Crippen LogP contribution in [0.3, 0.4) is 0 Å². The first-order chi connectivity index (χ1) is 8.76. The van der Waals surface area contributed by atoms with Gasteiger partial charge in [-0.3, -0.25) is 4.79 Å². The fraction of sp³-hybridized carbons (Fsp3) is 0.583. The molecule has 1 amide bonds. The van der Waals surface area contributed by atoms with Crippen LogP contribution >= 0.6 is 0 Å². The van der Waals surface area contributed by atoms with Crippen molar-refractivity contribution in [2.24, 2.45) is 0 Å². The molecule has 0 aliphatic carbocycles. The van der Waals surface area contributed by atoms with Crippen molar-refractivity contribution in [1.82, 2.24) is 14.9 Å². The summed E-state index contributed by atoms with van der Waals surface area (Å²) in [5, 5.41) is 0. The lowest BCUT2D eigenvalue weighted by Crippen LogP contribution is -2.35. The van der Waals surface area contributed by atoms with Crippen molar-refractivity contribution < 1.29 is 14.3 Å². The van der Waals surface area contributed by atoms with Gasteiger partial charge >= 0.3 is 0 Å². The van der Waals surface area contributed by atoms with Crippen molar-refractivity contribution in [2.45, 2.75) is 12.8 Å². The number of amides is 1. The topological polar surface area (TPSA) is 64.5 Å². The quantitative estimate of drug-likeness (QED) is 0.760. The minimum atomic E-state index is 0.0113. The summed E-state index contributed by atoms with van der Waals surface area (Å²) in [6, 6.07) is 0. The molecular weight excluding hydrogens is 234 g/mol. The summed E-state index contributed by atoms with van der Waals surface area (Å²) in [7, 11) is 3.13. The lowest BCUT2D eigenvalue weighted by molar-refractivity contribution is -0.135. The molecule has 6 nitrogen and oxygen atoms in total. The number of carbonyl (C=O) groups excluding carboxylic acids is 1. The summed E-state index contributed by atoms with van der Waals surface area (Å²) in [4.78, 5) is 22.0. The van der Waals surface area contributed by atoms with Gasteiger partial charge in [-0.15, -0.1) is 0 Å². The number of nitrogens with zero attached hydrogens (tertiary/aromatic N) is 3. The van der Waals surface area contributed by atoms with Gasteiger partial charge in [-0.1, -0.05) is 0 Å². The fourth-order valence-corrected chi connectivity index (χ4v) is 2.14. The van der Waals surface area contributed by atoms with E-state index in [0.717, 1.165) is 24.1 Å². The number of aromatic nitrogens is 2. The van der Waals surface area contributed by atoms with Crippen LogP contribution in [0, 0.1) is 0 Å². The number of hydrogen-bond donors (Lipinski definition) is 0. The van der Waals surface area contributed by atoms with Crippen LogP contribution in [0.2, 0.25) is 0 Å². The van der Waals surface area contributed by atoms with Crippen molar-refractivity contribution in [3.05, 3.63) is 17.6 Å². The highest BCUT2D eigenvalue weighted by molar-refractivity contribution is 5.77. The average molecular weight is 251 g/mol. The third kappa shape index (κ3) is 2.59. The van der Waals surface area contributed by atoms with Crippen LogP contribution < -0.4 is 4.74 Å². The molecule has 0 fully saturated rings. The van der Waals surface area contributed by atoms with Crippen molar-refractivity contribution >= 4 is 5.91 Å². The van der Waals surface area contributed by atoms with Gasteiger partial charge in [-0.25, -0.2) is 9.97 Å². The number of ether oxygens (including phenoxy) is 2. The molecule has 1 aliphatic rings. The van der Waals surface area contributed by atoms with Crippen LogP contribution in [0.25, 0.3) is 0 Å². The predicted molar refractivity (Wildman–Crippen MR) is 64.4 cm³/mol. The van der Waals surface area contributed by atoms with Gasteiger partial charge in [-0.05, 0) is 6.42 Å². The fourth-order valence-electron chi connectivity index (χ4n) is 2.14. The standard InChI is InChI=1S/C12H17N3O3/c1-17-7-11(16)15-5-3-9-10(4-6-15)13-8-14-12(9)18-2/h8H,3-7H2,1-2H3. The van der Waals surface area contributed by atoms with Gasteiger partial charge in [0.05, 0.1) is 12.8 Å². The summed E-state index contributed by atoms with van der Waals surface area (Å²) in [6.45, 7) is 1.44. The van der Waals surface area contributed by atoms with Gasteiger partial charge in [0.1, 0.15) is 12.9 Å². The first-order valence-corrected chi connectivity index (χ1v) is 5.89. The minimum Gasteiger partial charge on any atom is -0.481 e. The molecule has 2 rings (SSSR count). The Hall–Kier alpha value is -1.69. The normalized spacial score (nSPS) is 14.9. The van der Waals surface area contributed by atoms with E-state index in [1.807, 2.05) is 0 Å². The van der Waals surface area contributed by atoms with Crippen molar-refractivity contribution in [3.63, 3.8) is 0 Å². The Balaban J connectivity index is 2.14. The van der Waals surface area contributed by atoms with Crippen LogP contribution in [0.15, 0.2) is 6.33 Å².